The maximum atomic E-state index is 13.9. The number of nitrogens with one attached hydrogen (secondary N) is 1. The van der Waals surface area contributed by atoms with Crippen LogP contribution in [0.15, 0.2) is 42.6 Å². The molecule has 0 spiro atoms. The van der Waals surface area contributed by atoms with Gasteiger partial charge in [-0.2, -0.15) is 13.2 Å². The molecule has 1 saturated heterocycles. The molecule has 3 heterocycles. The summed E-state index contributed by atoms with van der Waals surface area (Å²) in [7, 11) is 0. The van der Waals surface area contributed by atoms with Gasteiger partial charge in [0.1, 0.15) is 5.65 Å². The maximum Gasteiger partial charge on any atom is 0.434 e. The summed E-state index contributed by atoms with van der Waals surface area (Å²) in [6.45, 7) is 3.57. The van der Waals surface area contributed by atoms with E-state index in [1.165, 1.54) is 4.40 Å². The molecule has 4 aromatic rings. The van der Waals surface area contributed by atoms with Crippen LogP contribution in [0.5, 0.6) is 0 Å². The molecule has 2 aromatic heterocycles. The average molecular weight is 518 g/mol. The Hall–Kier alpha value is -3.76. The van der Waals surface area contributed by atoms with E-state index in [-0.39, 0.29) is 24.7 Å². The summed E-state index contributed by atoms with van der Waals surface area (Å²) in [6.07, 6.45) is -3.93. The molecule has 1 fully saturated rings. The van der Waals surface area contributed by atoms with E-state index in [9.17, 15) is 26.7 Å². The van der Waals surface area contributed by atoms with E-state index < -0.39 is 36.7 Å². The number of aldehydes is 1. The molecule has 194 valence electrons. The van der Waals surface area contributed by atoms with Crippen molar-refractivity contribution in [1.29, 1.82) is 0 Å². The number of imidazole rings is 1. The van der Waals surface area contributed by atoms with E-state index >= 15 is 0 Å². The Balaban J connectivity index is 1.70. The van der Waals surface area contributed by atoms with Crippen molar-refractivity contribution in [2.45, 2.75) is 44.8 Å². The van der Waals surface area contributed by atoms with E-state index in [4.69, 9.17) is 4.98 Å². The molecule has 0 aliphatic carbocycles. The number of alkyl halides is 5. The van der Waals surface area contributed by atoms with Crippen LogP contribution in [-0.4, -0.2) is 39.7 Å². The Morgan fingerprint density at radius 2 is 1.81 bits per heavy atom. The number of rotatable bonds is 5. The summed E-state index contributed by atoms with van der Waals surface area (Å²) in [5.41, 5.74) is 1.89. The smallest absolute Gasteiger partial charge is 0.378 e. The highest BCUT2D eigenvalue weighted by Crippen LogP contribution is 2.37. The average Bonchev–Trinajstić information content (AvgIpc) is 3.30. The van der Waals surface area contributed by atoms with Gasteiger partial charge in [0, 0.05) is 54.3 Å². The van der Waals surface area contributed by atoms with Gasteiger partial charge in [0.2, 0.25) is 5.95 Å². The molecule has 37 heavy (non-hydrogen) atoms. The summed E-state index contributed by atoms with van der Waals surface area (Å²) < 4.78 is 69.9. The van der Waals surface area contributed by atoms with Crippen molar-refractivity contribution < 1.29 is 26.7 Å². The molecule has 0 amide bonds. The fourth-order valence-electron chi connectivity index (χ4n) is 4.74. The lowest BCUT2D eigenvalue weighted by atomic mass is 10.0. The molecule has 1 N–H and O–H groups in total. The number of fused-ring (bicyclic) bond motifs is 3. The summed E-state index contributed by atoms with van der Waals surface area (Å²) in [5.74, 6) is -2.70. The highest BCUT2D eigenvalue weighted by atomic mass is 19.4. The minimum Gasteiger partial charge on any atom is -0.378 e. The van der Waals surface area contributed by atoms with Crippen LogP contribution in [0.3, 0.4) is 0 Å². The van der Waals surface area contributed by atoms with Gasteiger partial charge >= 0.3 is 6.18 Å². The molecule has 2 aromatic carbocycles. The molecular formula is C26H24F5N5O. The third kappa shape index (κ3) is 4.70. The first kappa shape index (κ1) is 24.9. The van der Waals surface area contributed by atoms with Gasteiger partial charge in [-0.1, -0.05) is 18.2 Å². The monoisotopic (exact) mass is 517 g/mol. The molecule has 1 aliphatic rings. The number of aromatic nitrogens is 3. The number of piperidine rings is 1. The second-order valence-corrected chi connectivity index (χ2v) is 9.39. The summed E-state index contributed by atoms with van der Waals surface area (Å²) >= 11 is 0. The van der Waals surface area contributed by atoms with Gasteiger partial charge in [-0.05, 0) is 37.6 Å². The SMILES string of the molecule is Cc1cc(C(C)Nc2ccccc2C=O)c2nc(N3CCC(F)(F)CC3)n3cc(C(F)(F)F)nc3c2c1. The number of aryl methyl sites for hydroxylation is 1. The van der Waals surface area contributed by atoms with Crippen LogP contribution >= 0.6 is 0 Å². The third-order valence-electron chi connectivity index (χ3n) is 6.65. The summed E-state index contributed by atoms with van der Waals surface area (Å²) in [6, 6.07) is 10.1. The lowest BCUT2D eigenvalue weighted by molar-refractivity contribution is -0.140. The van der Waals surface area contributed by atoms with E-state index in [2.05, 4.69) is 10.3 Å². The van der Waals surface area contributed by atoms with E-state index in [0.717, 1.165) is 18.0 Å². The molecule has 11 heteroatoms. The zero-order chi connectivity index (χ0) is 26.5. The topological polar surface area (TPSA) is 62.5 Å². The molecule has 0 saturated carbocycles. The number of hydrogen-bond donors (Lipinski definition) is 1. The Labute approximate surface area is 209 Å². The number of benzene rings is 2. The second-order valence-electron chi connectivity index (χ2n) is 9.39. The van der Waals surface area contributed by atoms with Gasteiger partial charge < -0.3 is 10.2 Å². The van der Waals surface area contributed by atoms with Crippen LogP contribution < -0.4 is 10.2 Å². The van der Waals surface area contributed by atoms with Crippen molar-refractivity contribution in [3.8, 4) is 0 Å². The molecular weight excluding hydrogens is 493 g/mol. The Kier molecular flexibility index (Phi) is 6.04. The number of nitrogens with zero attached hydrogens (tertiary/aromatic N) is 4. The maximum absolute atomic E-state index is 13.9. The van der Waals surface area contributed by atoms with Gasteiger partial charge in [0.15, 0.2) is 12.0 Å². The lowest BCUT2D eigenvalue weighted by Crippen LogP contribution is -2.40. The van der Waals surface area contributed by atoms with Gasteiger partial charge in [0.05, 0.1) is 11.6 Å². The number of carbonyl (C=O) groups is 1. The van der Waals surface area contributed by atoms with E-state index in [1.807, 2.05) is 19.9 Å². The minimum absolute atomic E-state index is 0.0510. The second kappa shape index (κ2) is 8.97. The molecule has 1 aliphatic heterocycles. The van der Waals surface area contributed by atoms with Gasteiger partial charge in [-0.15, -0.1) is 0 Å². The predicted octanol–water partition coefficient (Wildman–Crippen LogP) is 6.43. The standard InChI is InChI=1S/C26H24F5N5O/c1-15-11-18(16(2)32-20-6-4-3-5-17(20)14-37)22-19(12-15)23-33-21(26(29,30)31)13-36(23)24(34-22)35-9-7-25(27,28)8-10-35/h3-6,11-14,16,32H,7-10H2,1-2H3. The molecule has 6 nitrogen and oxygen atoms in total. The molecule has 1 unspecified atom stereocenters. The Morgan fingerprint density at radius 3 is 2.49 bits per heavy atom. The van der Waals surface area contributed by atoms with Crippen LogP contribution in [-0.2, 0) is 6.18 Å². The minimum atomic E-state index is -4.69. The first-order valence-electron chi connectivity index (χ1n) is 11.8. The number of hydrogen-bond acceptors (Lipinski definition) is 5. The molecule has 1 atom stereocenters. The highest BCUT2D eigenvalue weighted by molar-refractivity contribution is 5.96. The normalized spacial score (nSPS) is 16.8. The predicted molar refractivity (Wildman–Crippen MR) is 130 cm³/mol. The zero-order valence-electron chi connectivity index (χ0n) is 20.1. The molecule has 0 bridgehead atoms. The molecule has 5 rings (SSSR count). The van der Waals surface area contributed by atoms with Crippen LogP contribution in [0.1, 0.15) is 53.0 Å². The van der Waals surface area contributed by atoms with Gasteiger partial charge in [-0.3, -0.25) is 9.20 Å². The first-order valence-corrected chi connectivity index (χ1v) is 11.8. The van der Waals surface area contributed by atoms with Crippen molar-refractivity contribution in [2.75, 3.05) is 23.3 Å². The third-order valence-corrected chi connectivity index (χ3v) is 6.65. The lowest BCUT2D eigenvalue weighted by Gasteiger charge is -2.33. The number of halogens is 5. The van der Waals surface area contributed by atoms with Crippen LogP contribution in [0.4, 0.5) is 33.6 Å². The summed E-state index contributed by atoms with van der Waals surface area (Å²) in [5, 5.41) is 3.70. The van der Waals surface area contributed by atoms with Crippen molar-refractivity contribution in [3.05, 3.63) is 65.0 Å². The van der Waals surface area contributed by atoms with Crippen molar-refractivity contribution in [3.63, 3.8) is 0 Å². The van der Waals surface area contributed by atoms with Crippen molar-refractivity contribution >= 4 is 34.5 Å². The Bertz CT molecular complexity index is 1490. The van der Waals surface area contributed by atoms with Crippen LogP contribution in [0.2, 0.25) is 0 Å². The van der Waals surface area contributed by atoms with Crippen molar-refractivity contribution in [1.82, 2.24) is 14.4 Å². The van der Waals surface area contributed by atoms with E-state index in [0.29, 0.717) is 27.7 Å². The van der Waals surface area contributed by atoms with Crippen LogP contribution in [0, 0.1) is 6.92 Å². The highest BCUT2D eigenvalue weighted by Gasteiger charge is 2.37. The summed E-state index contributed by atoms with van der Waals surface area (Å²) in [4.78, 5) is 21.7. The Morgan fingerprint density at radius 1 is 1.11 bits per heavy atom. The number of anilines is 2. The fourth-order valence-corrected chi connectivity index (χ4v) is 4.74. The quantitative estimate of drug-likeness (QED) is 0.244. The number of para-hydroxylation sites is 1. The van der Waals surface area contributed by atoms with E-state index in [1.54, 1.807) is 35.2 Å². The first-order chi connectivity index (χ1) is 17.5. The van der Waals surface area contributed by atoms with Gasteiger partial charge in [0.25, 0.3) is 5.92 Å². The molecule has 0 radical (unpaired) electrons. The van der Waals surface area contributed by atoms with Gasteiger partial charge in [-0.25, -0.2) is 18.7 Å². The van der Waals surface area contributed by atoms with Crippen molar-refractivity contribution in [2.24, 2.45) is 0 Å². The largest absolute Gasteiger partial charge is 0.434 e. The number of carbonyl (C=O) groups excluding carboxylic acids is 1. The zero-order valence-corrected chi connectivity index (χ0v) is 20.1. The van der Waals surface area contributed by atoms with Crippen LogP contribution in [0.25, 0.3) is 16.6 Å². The fraction of sp³-hybridized carbons (Fsp3) is 0.346.